The Hall–Kier alpha value is -1.33. The van der Waals surface area contributed by atoms with Gasteiger partial charge in [-0.2, -0.15) is 4.65 Å². The SMILES string of the molecule is C=C(C)C(=O)[N+]1([O-])C(=O)CCC1=O. The maximum Gasteiger partial charge on any atom is 0.355 e. The van der Waals surface area contributed by atoms with Crippen LogP contribution in [0.25, 0.3) is 0 Å². The van der Waals surface area contributed by atoms with Crippen LogP contribution in [0.4, 0.5) is 0 Å². The van der Waals surface area contributed by atoms with Crippen LogP contribution in [0.15, 0.2) is 12.2 Å². The molecule has 0 unspecified atom stereocenters. The zero-order valence-electron chi connectivity index (χ0n) is 7.20. The van der Waals surface area contributed by atoms with E-state index in [1.54, 1.807) is 0 Å². The second-order valence-corrected chi connectivity index (χ2v) is 2.98. The van der Waals surface area contributed by atoms with Gasteiger partial charge in [0.25, 0.3) is 0 Å². The lowest BCUT2D eigenvalue weighted by Crippen LogP contribution is -2.52. The van der Waals surface area contributed by atoms with Gasteiger partial charge < -0.3 is 5.21 Å². The van der Waals surface area contributed by atoms with Gasteiger partial charge in [-0.15, -0.1) is 0 Å². The molecule has 1 heterocycles. The third kappa shape index (κ3) is 1.22. The van der Waals surface area contributed by atoms with Gasteiger partial charge in [0.1, 0.15) is 0 Å². The van der Waals surface area contributed by atoms with E-state index in [1.165, 1.54) is 6.92 Å². The fraction of sp³-hybridized carbons (Fsp3) is 0.375. The van der Waals surface area contributed by atoms with E-state index in [0.717, 1.165) is 0 Å². The van der Waals surface area contributed by atoms with Crippen molar-refractivity contribution < 1.29 is 19.0 Å². The Morgan fingerprint density at radius 2 is 1.77 bits per heavy atom. The summed E-state index contributed by atoms with van der Waals surface area (Å²) in [7, 11) is 0. The molecule has 1 fully saturated rings. The Bertz CT molecular complexity index is 302. The van der Waals surface area contributed by atoms with E-state index < -0.39 is 22.4 Å². The van der Waals surface area contributed by atoms with Gasteiger partial charge in [0.2, 0.25) is 0 Å². The first-order valence-electron chi connectivity index (χ1n) is 3.78. The van der Waals surface area contributed by atoms with E-state index in [-0.39, 0.29) is 18.4 Å². The molecule has 5 heteroatoms. The molecular weight excluding hydrogens is 174 g/mol. The molecule has 70 valence electrons. The number of hydrogen-bond acceptors (Lipinski definition) is 4. The molecule has 1 rings (SSSR count). The van der Waals surface area contributed by atoms with Gasteiger partial charge in [0.15, 0.2) is 0 Å². The highest BCUT2D eigenvalue weighted by Gasteiger charge is 2.48. The molecule has 0 atom stereocenters. The standard InChI is InChI=1S/C8H9NO4/c1-5(2)8(12)9(13)6(10)3-4-7(9)11/h1,3-4H2,2H3. The van der Waals surface area contributed by atoms with Crippen LogP contribution < -0.4 is 0 Å². The molecule has 0 aromatic heterocycles. The van der Waals surface area contributed by atoms with Gasteiger partial charge in [0, 0.05) is 5.57 Å². The number of rotatable bonds is 1. The van der Waals surface area contributed by atoms with Gasteiger partial charge in [-0.1, -0.05) is 6.58 Å². The minimum absolute atomic E-state index is 0.0707. The van der Waals surface area contributed by atoms with Crippen LogP contribution in [0.2, 0.25) is 0 Å². The van der Waals surface area contributed by atoms with E-state index in [9.17, 15) is 19.6 Å². The van der Waals surface area contributed by atoms with E-state index in [2.05, 4.69) is 6.58 Å². The highest BCUT2D eigenvalue weighted by molar-refractivity contribution is 6.07. The molecule has 0 aromatic rings. The van der Waals surface area contributed by atoms with Crippen molar-refractivity contribution in [2.45, 2.75) is 19.8 Å². The Morgan fingerprint density at radius 3 is 2.08 bits per heavy atom. The van der Waals surface area contributed by atoms with Gasteiger partial charge in [-0.3, -0.25) is 0 Å². The Morgan fingerprint density at radius 1 is 1.38 bits per heavy atom. The molecule has 1 aliphatic rings. The summed E-state index contributed by atoms with van der Waals surface area (Å²) in [6, 6.07) is 0. The number of amides is 3. The number of carbonyl (C=O) groups is 3. The average molecular weight is 183 g/mol. The zero-order chi connectivity index (χ0) is 10.2. The Labute approximate surface area is 74.8 Å². The summed E-state index contributed by atoms with van der Waals surface area (Å²) in [6.45, 7) is 4.55. The van der Waals surface area contributed by atoms with E-state index >= 15 is 0 Å². The van der Waals surface area contributed by atoms with E-state index in [4.69, 9.17) is 0 Å². The first kappa shape index (κ1) is 9.76. The number of quaternary nitrogens is 1. The van der Waals surface area contributed by atoms with Gasteiger partial charge >= 0.3 is 17.7 Å². The molecule has 0 aromatic carbocycles. The molecule has 0 spiro atoms. The predicted molar refractivity (Wildman–Crippen MR) is 42.7 cm³/mol. The number of hydrogen-bond donors (Lipinski definition) is 0. The summed E-state index contributed by atoms with van der Waals surface area (Å²) >= 11 is 0. The fourth-order valence-corrected chi connectivity index (χ4v) is 1.16. The largest absolute Gasteiger partial charge is 0.610 e. The van der Waals surface area contributed by atoms with Crippen LogP contribution in [-0.2, 0) is 14.4 Å². The quantitative estimate of drug-likeness (QED) is 0.253. The average Bonchev–Trinajstić information content (AvgIpc) is 2.32. The molecule has 0 radical (unpaired) electrons. The summed E-state index contributed by atoms with van der Waals surface area (Å²) in [5, 5.41) is 11.5. The van der Waals surface area contributed by atoms with Gasteiger partial charge in [-0.25, -0.2) is 14.4 Å². The van der Waals surface area contributed by atoms with Crippen LogP contribution in [0.1, 0.15) is 19.8 Å². The summed E-state index contributed by atoms with van der Waals surface area (Å²) in [5.41, 5.74) is -0.0707. The third-order valence-electron chi connectivity index (χ3n) is 1.91. The number of carbonyl (C=O) groups excluding carboxylic acids is 3. The lowest BCUT2D eigenvalue weighted by Gasteiger charge is -2.28. The van der Waals surface area contributed by atoms with Crippen LogP contribution in [0, 0.1) is 5.21 Å². The Balaban J connectivity index is 3.12. The highest BCUT2D eigenvalue weighted by Crippen LogP contribution is 2.23. The van der Waals surface area contributed by atoms with E-state index in [0.29, 0.717) is 0 Å². The fourth-order valence-electron chi connectivity index (χ4n) is 1.16. The summed E-state index contributed by atoms with van der Waals surface area (Å²) in [5.74, 6) is -2.83. The van der Waals surface area contributed by atoms with Crippen LogP contribution in [0.3, 0.4) is 0 Å². The number of imide groups is 3. The number of likely N-dealkylation sites (tertiary alicyclic amines) is 1. The zero-order valence-corrected chi connectivity index (χ0v) is 7.20. The van der Waals surface area contributed by atoms with E-state index in [1.807, 2.05) is 0 Å². The normalized spacial score (nSPS) is 20.5. The first-order chi connectivity index (χ1) is 5.90. The monoisotopic (exact) mass is 183 g/mol. The molecule has 0 N–H and O–H groups in total. The van der Waals surface area contributed by atoms with Crippen molar-refractivity contribution >= 4 is 17.7 Å². The molecule has 1 saturated heterocycles. The maximum atomic E-state index is 11.5. The molecule has 0 aliphatic carbocycles. The summed E-state index contributed by atoms with van der Waals surface area (Å²) in [6.07, 6.45) is -0.303. The maximum absolute atomic E-state index is 11.5. The first-order valence-corrected chi connectivity index (χ1v) is 3.78. The topological polar surface area (TPSA) is 74.3 Å². The molecule has 1 aliphatic heterocycles. The van der Waals surface area contributed by atoms with Crippen molar-refractivity contribution in [3.05, 3.63) is 17.4 Å². The van der Waals surface area contributed by atoms with Crippen molar-refractivity contribution in [2.75, 3.05) is 0 Å². The van der Waals surface area contributed by atoms with Crippen molar-refractivity contribution in [3.8, 4) is 0 Å². The van der Waals surface area contributed by atoms with Crippen molar-refractivity contribution in [1.29, 1.82) is 0 Å². The van der Waals surface area contributed by atoms with Crippen LogP contribution in [-0.4, -0.2) is 22.4 Å². The van der Waals surface area contributed by atoms with Crippen molar-refractivity contribution in [1.82, 2.24) is 0 Å². The lowest BCUT2D eigenvalue weighted by atomic mass is 10.3. The molecule has 13 heavy (non-hydrogen) atoms. The second kappa shape index (κ2) is 2.86. The molecule has 3 amide bonds. The highest BCUT2D eigenvalue weighted by atomic mass is 16.6. The minimum Gasteiger partial charge on any atom is -0.610 e. The number of nitrogens with zero attached hydrogens (tertiary/aromatic N) is 1. The van der Waals surface area contributed by atoms with Crippen LogP contribution >= 0.6 is 0 Å². The summed E-state index contributed by atoms with van der Waals surface area (Å²) < 4.78 is -1.98. The molecule has 0 bridgehead atoms. The van der Waals surface area contributed by atoms with Crippen molar-refractivity contribution in [2.24, 2.45) is 0 Å². The molecular formula is C8H9NO4. The van der Waals surface area contributed by atoms with Gasteiger partial charge in [0.05, 0.1) is 12.8 Å². The molecule has 0 saturated carbocycles. The summed E-state index contributed by atoms with van der Waals surface area (Å²) in [4.78, 5) is 33.3. The third-order valence-corrected chi connectivity index (χ3v) is 1.91. The lowest BCUT2D eigenvalue weighted by molar-refractivity contribution is -0.638. The number of hydroxylamine groups is 3. The second-order valence-electron chi connectivity index (χ2n) is 2.98. The smallest absolute Gasteiger partial charge is 0.355 e. The Kier molecular flexibility index (Phi) is 2.15. The van der Waals surface area contributed by atoms with Crippen molar-refractivity contribution in [3.63, 3.8) is 0 Å². The minimum atomic E-state index is -1.98. The van der Waals surface area contributed by atoms with Crippen LogP contribution in [0.5, 0.6) is 0 Å². The molecule has 5 nitrogen and oxygen atoms in total. The van der Waals surface area contributed by atoms with Gasteiger partial charge in [-0.05, 0) is 6.92 Å². The predicted octanol–water partition coefficient (Wildman–Crippen LogP) is 0.251.